The summed E-state index contributed by atoms with van der Waals surface area (Å²) < 4.78 is 30.5. The second-order valence-corrected chi connectivity index (χ2v) is 6.10. The van der Waals surface area contributed by atoms with Gasteiger partial charge in [0.2, 0.25) is 10.0 Å². The number of epoxide rings is 1. The molecule has 1 aliphatic rings. The van der Waals surface area contributed by atoms with Crippen LogP contribution < -0.4 is 0 Å². The van der Waals surface area contributed by atoms with Crippen LogP contribution in [0.3, 0.4) is 0 Å². The Morgan fingerprint density at radius 1 is 1.38 bits per heavy atom. The van der Waals surface area contributed by atoms with E-state index in [1.54, 1.807) is 31.3 Å². The van der Waals surface area contributed by atoms with Crippen molar-refractivity contribution < 1.29 is 13.2 Å². The third-order valence-corrected chi connectivity index (χ3v) is 4.43. The maximum atomic E-state index is 12.1. The molecule has 0 saturated carbocycles. The highest BCUT2D eigenvalue weighted by molar-refractivity contribution is 7.89. The summed E-state index contributed by atoms with van der Waals surface area (Å²) in [5.41, 5.74) is 1.05. The molecule has 1 saturated heterocycles. The quantitative estimate of drug-likeness (QED) is 0.739. The van der Waals surface area contributed by atoms with Gasteiger partial charge in [-0.25, -0.2) is 8.42 Å². The summed E-state index contributed by atoms with van der Waals surface area (Å²) in [7, 11) is -1.78. The van der Waals surface area contributed by atoms with Gasteiger partial charge in [-0.2, -0.15) is 4.31 Å². The summed E-state index contributed by atoms with van der Waals surface area (Å²) >= 11 is 0. The van der Waals surface area contributed by atoms with Crippen LogP contribution >= 0.6 is 0 Å². The van der Waals surface area contributed by atoms with Crippen molar-refractivity contribution >= 4 is 10.0 Å². The molecular weight excluding hydrogens is 226 g/mol. The van der Waals surface area contributed by atoms with Crippen molar-refractivity contribution in [1.29, 1.82) is 0 Å². The van der Waals surface area contributed by atoms with Gasteiger partial charge in [-0.15, -0.1) is 0 Å². The number of likely N-dealkylation sites (N-methyl/N-ethyl adjacent to an activating group) is 1. The fourth-order valence-corrected chi connectivity index (χ4v) is 2.65. The summed E-state index contributed by atoms with van der Waals surface area (Å²) in [6, 6.07) is 6.87. The first-order valence-corrected chi connectivity index (χ1v) is 6.59. The zero-order valence-electron chi connectivity index (χ0n) is 9.38. The molecule has 16 heavy (non-hydrogen) atoms. The molecule has 1 aliphatic heterocycles. The SMILES string of the molecule is Cc1ccc(S(=O)(=O)N(C)C[C@H]2CO2)cc1. The molecule has 4 nitrogen and oxygen atoms in total. The molecule has 88 valence electrons. The van der Waals surface area contributed by atoms with E-state index in [0.717, 1.165) is 5.56 Å². The van der Waals surface area contributed by atoms with Crippen LogP contribution in [0, 0.1) is 6.92 Å². The molecule has 1 heterocycles. The maximum Gasteiger partial charge on any atom is 0.242 e. The average Bonchev–Trinajstić information content (AvgIpc) is 3.02. The molecule has 1 aromatic rings. The fourth-order valence-electron chi connectivity index (χ4n) is 1.45. The normalized spacial score (nSPS) is 20.1. The number of rotatable bonds is 4. The number of ether oxygens (including phenoxy) is 1. The lowest BCUT2D eigenvalue weighted by Gasteiger charge is -2.15. The zero-order chi connectivity index (χ0) is 11.8. The van der Waals surface area contributed by atoms with Crippen LogP contribution in [0.4, 0.5) is 0 Å². The first-order valence-electron chi connectivity index (χ1n) is 5.15. The third kappa shape index (κ3) is 2.42. The number of nitrogens with zero attached hydrogens (tertiary/aromatic N) is 1. The molecule has 0 aliphatic carbocycles. The van der Waals surface area contributed by atoms with Crippen LogP contribution in [-0.2, 0) is 14.8 Å². The molecule has 0 bridgehead atoms. The van der Waals surface area contributed by atoms with Gasteiger partial charge in [-0.1, -0.05) is 17.7 Å². The Labute approximate surface area is 95.9 Å². The van der Waals surface area contributed by atoms with E-state index >= 15 is 0 Å². The third-order valence-electron chi connectivity index (χ3n) is 2.59. The van der Waals surface area contributed by atoms with Gasteiger partial charge in [0, 0.05) is 13.6 Å². The molecule has 0 aromatic heterocycles. The highest BCUT2D eigenvalue weighted by atomic mass is 32.2. The van der Waals surface area contributed by atoms with Crippen LogP contribution in [0.15, 0.2) is 29.2 Å². The van der Waals surface area contributed by atoms with Crippen molar-refractivity contribution in [2.24, 2.45) is 0 Å². The Bertz CT molecular complexity index is 463. The van der Waals surface area contributed by atoms with Crippen LogP contribution in [-0.4, -0.2) is 39.0 Å². The number of hydrogen-bond donors (Lipinski definition) is 0. The van der Waals surface area contributed by atoms with E-state index in [4.69, 9.17) is 4.74 Å². The van der Waals surface area contributed by atoms with E-state index in [-0.39, 0.29) is 6.10 Å². The lowest BCUT2D eigenvalue weighted by atomic mass is 10.2. The first kappa shape index (κ1) is 11.6. The first-order chi connectivity index (χ1) is 7.50. The van der Waals surface area contributed by atoms with Crippen molar-refractivity contribution in [3.05, 3.63) is 29.8 Å². The standard InChI is InChI=1S/C11H15NO3S/c1-9-3-5-11(6-4-9)16(13,14)12(2)7-10-8-15-10/h3-6,10H,7-8H2,1-2H3/t10-/m0/s1. The highest BCUT2D eigenvalue weighted by Gasteiger charge is 2.29. The minimum Gasteiger partial charge on any atom is -0.372 e. The number of benzene rings is 1. The van der Waals surface area contributed by atoms with Gasteiger partial charge in [0.25, 0.3) is 0 Å². The van der Waals surface area contributed by atoms with Crippen LogP contribution in [0.1, 0.15) is 5.56 Å². The fraction of sp³-hybridized carbons (Fsp3) is 0.455. The minimum absolute atomic E-state index is 0.0743. The Balaban J connectivity index is 2.19. The second-order valence-electron chi connectivity index (χ2n) is 4.05. The van der Waals surface area contributed by atoms with Crippen molar-refractivity contribution in [2.75, 3.05) is 20.2 Å². The van der Waals surface area contributed by atoms with Crippen molar-refractivity contribution in [1.82, 2.24) is 4.31 Å². The van der Waals surface area contributed by atoms with Crippen molar-refractivity contribution in [3.63, 3.8) is 0 Å². The van der Waals surface area contributed by atoms with Gasteiger partial charge < -0.3 is 4.74 Å². The molecule has 0 unspecified atom stereocenters. The van der Waals surface area contributed by atoms with Crippen LogP contribution in [0.2, 0.25) is 0 Å². The molecule has 5 heteroatoms. The predicted octanol–water partition coefficient (Wildman–Crippen LogP) is 1.01. The molecule has 0 spiro atoms. The molecule has 2 rings (SSSR count). The van der Waals surface area contributed by atoms with Crippen molar-refractivity contribution in [2.45, 2.75) is 17.9 Å². The minimum atomic E-state index is -3.36. The molecule has 1 aromatic carbocycles. The summed E-state index contributed by atoms with van der Waals surface area (Å²) in [5, 5.41) is 0. The van der Waals surface area contributed by atoms with Gasteiger partial charge in [0.05, 0.1) is 17.6 Å². The van der Waals surface area contributed by atoms with Gasteiger partial charge >= 0.3 is 0 Å². The Morgan fingerprint density at radius 3 is 2.44 bits per heavy atom. The lowest BCUT2D eigenvalue weighted by molar-refractivity contribution is 0.359. The summed E-state index contributed by atoms with van der Waals surface area (Å²) in [6.45, 7) is 3.02. The van der Waals surface area contributed by atoms with Gasteiger partial charge in [-0.05, 0) is 19.1 Å². The summed E-state index contributed by atoms with van der Waals surface area (Å²) in [4.78, 5) is 0.334. The Morgan fingerprint density at radius 2 is 1.94 bits per heavy atom. The Kier molecular flexibility index (Phi) is 3.01. The maximum absolute atomic E-state index is 12.1. The molecule has 1 atom stereocenters. The van der Waals surface area contributed by atoms with E-state index in [9.17, 15) is 8.42 Å². The molecule has 1 fully saturated rings. The number of aryl methyl sites for hydroxylation is 1. The summed E-state index contributed by atoms with van der Waals surface area (Å²) in [5.74, 6) is 0. The lowest BCUT2D eigenvalue weighted by Crippen LogP contribution is -2.30. The molecule has 0 radical (unpaired) electrons. The smallest absolute Gasteiger partial charge is 0.242 e. The van der Waals surface area contributed by atoms with Gasteiger partial charge in [0.1, 0.15) is 0 Å². The van der Waals surface area contributed by atoms with Gasteiger partial charge in [0.15, 0.2) is 0 Å². The van der Waals surface area contributed by atoms with E-state index in [1.165, 1.54) is 4.31 Å². The monoisotopic (exact) mass is 241 g/mol. The van der Waals surface area contributed by atoms with Gasteiger partial charge in [-0.3, -0.25) is 0 Å². The molecule has 0 N–H and O–H groups in total. The predicted molar refractivity (Wildman–Crippen MR) is 60.7 cm³/mol. The van der Waals surface area contributed by atoms with E-state index in [0.29, 0.717) is 18.0 Å². The largest absolute Gasteiger partial charge is 0.372 e. The summed E-state index contributed by atoms with van der Waals surface area (Å²) in [6.07, 6.45) is 0.0743. The van der Waals surface area contributed by atoms with E-state index in [2.05, 4.69) is 0 Å². The second kappa shape index (κ2) is 4.16. The Hall–Kier alpha value is -0.910. The van der Waals surface area contributed by atoms with Crippen LogP contribution in [0.25, 0.3) is 0 Å². The number of hydrogen-bond acceptors (Lipinski definition) is 3. The highest BCUT2D eigenvalue weighted by Crippen LogP contribution is 2.18. The zero-order valence-corrected chi connectivity index (χ0v) is 10.2. The molecular formula is C11H15NO3S. The van der Waals surface area contributed by atoms with E-state index < -0.39 is 10.0 Å². The van der Waals surface area contributed by atoms with Crippen molar-refractivity contribution in [3.8, 4) is 0 Å². The van der Waals surface area contributed by atoms with Crippen LogP contribution in [0.5, 0.6) is 0 Å². The number of sulfonamides is 1. The van der Waals surface area contributed by atoms with E-state index in [1.807, 2.05) is 6.92 Å². The topological polar surface area (TPSA) is 49.9 Å². The molecule has 0 amide bonds. The average molecular weight is 241 g/mol.